The Labute approximate surface area is 117 Å². The molecule has 1 aromatic rings. The molecule has 0 bridgehead atoms. The Bertz CT molecular complexity index is 397. The molecule has 0 aliphatic heterocycles. The van der Waals surface area contributed by atoms with Gasteiger partial charge in [0.2, 0.25) is 0 Å². The van der Waals surface area contributed by atoms with E-state index in [1.54, 1.807) is 7.11 Å². The van der Waals surface area contributed by atoms with Gasteiger partial charge in [-0.3, -0.25) is 0 Å². The molecule has 0 heterocycles. The first-order valence-electron chi connectivity index (χ1n) is 6.39. The minimum Gasteiger partial charge on any atom is -0.490 e. The third kappa shape index (κ3) is 5.83. The van der Waals surface area contributed by atoms with Crippen molar-refractivity contribution in [3.8, 4) is 5.75 Å². The number of methoxy groups -OCH3 is 1. The van der Waals surface area contributed by atoms with Crippen molar-refractivity contribution in [3.05, 3.63) is 29.6 Å². The molecule has 20 heavy (non-hydrogen) atoms. The Balaban J connectivity index is 2.44. The first-order valence-corrected chi connectivity index (χ1v) is 6.39. The van der Waals surface area contributed by atoms with Crippen LogP contribution in [-0.2, 0) is 9.47 Å². The minimum atomic E-state index is -0.851. The van der Waals surface area contributed by atoms with E-state index in [1.807, 2.05) is 0 Å². The molecule has 114 valence electrons. The normalized spacial score (nSPS) is 14.1. The third-order valence-corrected chi connectivity index (χ3v) is 2.60. The van der Waals surface area contributed by atoms with Gasteiger partial charge in [-0.05, 0) is 25.1 Å². The van der Waals surface area contributed by atoms with Gasteiger partial charge in [0.1, 0.15) is 24.3 Å². The van der Waals surface area contributed by atoms with Crippen LogP contribution < -0.4 is 4.74 Å². The Morgan fingerprint density at radius 3 is 2.60 bits per heavy atom. The van der Waals surface area contributed by atoms with Crippen LogP contribution in [0.15, 0.2) is 18.2 Å². The van der Waals surface area contributed by atoms with Gasteiger partial charge >= 0.3 is 0 Å². The topological polar surface area (TPSA) is 68.2 Å². The van der Waals surface area contributed by atoms with Gasteiger partial charge in [0, 0.05) is 12.7 Å². The molecule has 0 fully saturated rings. The number of aliphatic hydroxyl groups excluding tert-OH is 2. The highest BCUT2D eigenvalue weighted by molar-refractivity contribution is 5.35. The highest BCUT2D eigenvalue weighted by atomic mass is 19.1. The summed E-state index contributed by atoms with van der Waals surface area (Å²) in [4.78, 5) is 0. The molecule has 0 radical (unpaired) electrons. The SMILES string of the molecule is COCCOCC(O)COc1ccc(F)cc1[C@H](C)O. The van der Waals surface area contributed by atoms with Crippen molar-refractivity contribution in [1.82, 2.24) is 0 Å². The molecular weight excluding hydrogens is 267 g/mol. The molecule has 1 rings (SSSR count). The van der Waals surface area contributed by atoms with E-state index >= 15 is 0 Å². The molecule has 2 N–H and O–H groups in total. The van der Waals surface area contributed by atoms with Gasteiger partial charge in [0.25, 0.3) is 0 Å². The lowest BCUT2D eigenvalue weighted by Gasteiger charge is -2.16. The summed E-state index contributed by atoms with van der Waals surface area (Å²) in [5.41, 5.74) is 0.345. The summed E-state index contributed by atoms with van der Waals surface area (Å²) in [6.07, 6.45) is -1.66. The van der Waals surface area contributed by atoms with Crippen molar-refractivity contribution in [2.75, 3.05) is 33.5 Å². The fourth-order valence-corrected chi connectivity index (χ4v) is 1.57. The summed E-state index contributed by atoms with van der Waals surface area (Å²) in [7, 11) is 1.56. The van der Waals surface area contributed by atoms with Crippen molar-refractivity contribution in [2.24, 2.45) is 0 Å². The number of rotatable bonds is 9. The van der Waals surface area contributed by atoms with Crippen molar-refractivity contribution in [1.29, 1.82) is 0 Å². The predicted octanol–water partition coefficient (Wildman–Crippen LogP) is 1.28. The lowest BCUT2D eigenvalue weighted by Crippen LogP contribution is -2.24. The van der Waals surface area contributed by atoms with E-state index in [0.717, 1.165) is 0 Å². The van der Waals surface area contributed by atoms with Crippen molar-refractivity contribution < 1.29 is 28.8 Å². The van der Waals surface area contributed by atoms with Crippen LogP contribution in [0.4, 0.5) is 4.39 Å². The number of halogens is 1. The van der Waals surface area contributed by atoms with E-state index in [0.29, 0.717) is 24.5 Å². The predicted molar refractivity (Wildman–Crippen MR) is 71.2 cm³/mol. The summed E-state index contributed by atoms with van der Waals surface area (Å²) in [6.45, 7) is 2.49. The lowest BCUT2D eigenvalue weighted by atomic mass is 10.1. The molecule has 0 aliphatic rings. The molecule has 0 saturated carbocycles. The van der Waals surface area contributed by atoms with Crippen LogP contribution in [0.5, 0.6) is 5.75 Å². The fraction of sp³-hybridized carbons (Fsp3) is 0.571. The summed E-state index contributed by atoms with van der Waals surface area (Å²) >= 11 is 0. The van der Waals surface area contributed by atoms with Gasteiger partial charge in [-0.15, -0.1) is 0 Å². The lowest BCUT2D eigenvalue weighted by molar-refractivity contribution is -0.00461. The maximum atomic E-state index is 13.1. The summed E-state index contributed by atoms with van der Waals surface area (Å²) in [5.74, 6) is -0.103. The molecule has 1 aromatic carbocycles. The van der Waals surface area contributed by atoms with E-state index in [1.165, 1.54) is 25.1 Å². The third-order valence-electron chi connectivity index (χ3n) is 2.60. The van der Waals surface area contributed by atoms with E-state index in [2.05, 4.69) is 0 Å². The fourth-order valence-electron chi connectivity index (χ4n) is 1.57. The van der Waals surface area contributed by atoms with E-state index < -0.39 is 18.0 Å². The van der Waals surface area contributed by atoms with Gasteiger partial charge in [-0.1, -0.05) is 0 Å². The maximum absolute atomic E-state index is 13.1. The molecular formula is C14H21FO5. The maximum Gasteiger partial charge on any atom is 0.125 e. The van der Waals surface area contributed by atoms with Gasteiger partial charge in [-0.25, -0.2) is 4.39 Å². The number of benzene rings is 1. The van der Waals surface area contributed by atoms with Crippen molar-refractivity contribution in [3.63, 3.8) is 0 Å². The number of aliphatic hydroxyl groups is 2. The molecule has 0 saturated heterocycles. The molecule has 2 atom stereocenters. The molecule has 6 heteroatoms. The van der Waals surface area contributed by atoms with Gasteiger partial charge in [-0.2, -0.15) is 0 Å². The zero-order chi connectivity index (χ0) is 15.0. The molecule has 0 aliphatic carbocycles. The highest BCUT2D eigenvalue weighted by Crippen LogP contribution is 2.26. The number of hydrogen-bond acceptors (Lipinski definition) is 5. The van der Waals surface area contributed by atoms with Crippen LogP contribution in [0.1, 0.15) is 18.6 Å². The van der Waals surface area contributed by atoms with Crippen LogP contribution >= 0.6 is 0 Å². The Hall–Kier alpha value is -1.21. The van der Waals surface area contributed by atoms with Gasteiger partial charge in [0.05, 0.1) is 25.9 Å². The van der Waals surface area contributed by atoms with E-state index in [4.69, 9.17) is 14.2 Å². The van der Waals surface area contributed by atoms with Gasteiger partial charge < -0.3 is 24.4 Å². The summed E-state index contributed by atoms with van der Waals surface area (Å²) in [6, 6.07) is 3.88. The van der Waals surface area contributed by atoms with Crippen LogP contribution in [0.3, 0.4) is 0 Å². The van der Waals surface area contributed by atoms with E-state index in [-0.39, 0.29) is 13.2 Å². The average molecular weight is 288 g/mol. The van der Waals surface area contributed by atoms with E-state index in [9.17, 15) is 14.6 Å². The van der Waals surface area contributed by atoms with Crippen LogP contribution in [0.2, 0.25) is 0 Å². The van der Waals surface area contributed by atoms with Crippen molar-refractivity contribution in [2.45, 2.75) is 19.1 Å². The smallest absolute Gasteiger partial charge is 0.125 e. The first-order chi connectivity index (χ1) is 9.54. The second-order valence-electron chi connectivity index (χ2n) is 4.39. The Kier molecular flexibility index (Phi) is 7.46. The zero-order valence-electron chi connectivity index (χ0n) is 11.7. The Morgan fingerprint density at radius 2 is 1.95 bits per heavy atom. The average Bonchev–Trinajstić information content (AvgIpc) is 2.42. The monoisotopic (exact) mass is 288 g/mol. The molecule has 0 amide bonds. The second kappa shape index (κ2) is 8.86. The van der Waals surface area contributed by atoms with Crippen LogP contribution in [0.25, 0.3) is 0 Å². The number of hydrogen-bond donors (Lipinski definition) is 2. The largest absolute Gasteiger partial charge is 0.490 e. The molecule has 1 unspecified atom stereocenters. The molecule has 0 aromatic heterocycles. The van der Waals surface area contributed by atoms with Crippen LogP contribution in [0, 0.1) is 5.82 Å². The first kappa shape index (κ1) is 16.8. The second-order valence-corrected chi connectivity index (χ2v) is 4.39. The Morgan fingerprint density at radius 1 is 1.20 bits per heavy atom. The minimum absolute atomic E-state index is 0.00165. The molecule has 0 spiro atoms. The molecule has 5 nitrogen and oxygen atoms in total. The van der Waals surface area contributed by atoms with Crippen LogP contribution in [-0.4, -0.2) is 49.9 Å². The highest BCUT2D eigenvalue weighted by Gasteiger charge is 2.12. The quantitative estimate of drug-likeness (QED) is 0.670. The van der Waals surface area contributed by atoms with Gasteiger partial charge in [0.15, 0.2) is 0 Å². The summed E-state index contributed by atoms with van der Waals surface area (Å²) in [5, 5.41) is 19.2. The summed E-state index contributed by atoms with van der Waals surface area (Å²) < 4.78 is 28.4. The van der Waals surface area contributed by atoms with Crippen molar-refractivity contribution >= 4 is 0 Å². The standard InChI is InChI=1S/C14H21FO5/c1-10(16)13-7-11(15)3-4-14(13)20-9-12(17)8-19-6-5-18-2/h3-4,7,10,12,16-17H,5-6,8-9H2,1-2H3/t10-,12?/m0/s1. The number of ether oxygens (including phenoxy) is 3. The zero-order valence-corrected chi connectivity index (χ0v) is 11.7.